The summed E-state index contributed by atoms with van der Waals surface area (Å²) >= 11 is 0. The Bertz CT molecular complexity index is 1170. The van der Waals surface area contributed by atoms with Gasteiger partial charge in [-0.3, -0.25) is 9.78 Å². The maximum atomic E-state index is 12.3. The van der Waals surface area contributed by atoms with Crippen LogP contribution in [0.1, 0.15) is 48.0 Å². The number of hydrogen-bond donors (Lipinski definition) is 1. The van der Waals surface area contributed by atoms with E-state index < -0.39 is 23.7 Å². The van der Waals surface area contributed by atoms with Crippen LogP contribution in [0.3, 0.4) is 0 Å². The lowest BCUT2D eigenvalue weighted by molar-refractivity contribution is -0.143. The van der Waals surface area contributed by atoms with Gasteiger partial charge in [-0.15, -0.1) is 0 Å². The first-order valence-electron chi connectivity index (χ1n) is 10.7. The van der Waals surface area contributed by atoms with Gasteiger partial charge in [-0.2, -0.15) is 0 Å². The highest BCUT2D eigenvalue weighted by molar-refractivity contribution is 5.90. The molecule has 3 aromatic rings. The molecule has 0 spiro atoms. The molecule has 0 saturated carbocycles. The van der Waals surface area contributed by atoms with E-state index in [0.717, 1.165) is 33.9 Å². The zero-order valence-electron chi connectivity index (χ0n) is 19.3. The number of carbonyl (C=O) groups is 3. The minimum Gasteiger partial charge on any atom is -0.467 e. The molecule has 0 saturated heterocycles. The first-order chi connectivity index (χ1) is 15.7. The Morgan fingerprint density at radius 3 is 2.55 bits per heavy atom. The Morgan fingerprint density at radius 2 is 1.85 bits per heavy atom. The average molecular weight is 449 g/mol. The Morgan fingerprint density at radius 1 is 1.09 bits per heavy atom. The molecule has 0 radical (unpaired) electrons. The van der Waals surface area contributed by atoms with Crippen molar-refractivity contribution in [2.45, 2.75) is 45.3 Å². The number of pyridine rings is 1. The van der Waals surface area contributed by atoms with Crippen LogP contribution < -0.4 is 5.32 Å². The van der Waals surface area contributed by atoms with Crippen molar-refractivity contribution in [3.63, 3.8) is 0 Å². The maximum Gasteiger partial charge on any atom is 0.408 e. The lowest BCUT2D eigenvalue weighted by Crippen LogP contribution is -2.45. The average Bonchev–Trinajstić information content (AvgIpc) is 2.77. The number of benzene rings is 2. The number of fused-ring (bicyclic) bond motifs is 1. The van der Waals surface area contributed by atoms with E-state index in [-0.39, 0.29) is 6.42 Å². The molecule has 1 atom stereocenters. The lowest BCUT2D eigenvalue weighted by atomic mass is 9.99. The molecule has 0 bridgehead atoms. The van der Waals surface area contributed by atoms with Gasteiger partial charge in [0.1, 0.15) is 17.9 Å². The Balaban J connectivity index is 1.79. The molecule has 1 N–H and O–H groups in total. The molecule has 1 aromatic heterocycles. The van der Waals surface area contributed by atoms with Gasteiger partial charge in [-0.1, -0.05) is 36.4 Å². The number of hydrogen-bond acceptors (Lipinski definition) is 6. The number of aldehydes is 1. The number of rotatable bonds is 7. The summed E-state index contributed by atoms with van der Waals surface area (Å²) in [6.45, 7) is 5.26. The van der Waals surface area contributed by atoms with Crippen molar-refractivity contribution >= 4 is 29.1 Å². The van der Waals surface area contributed by atoms with Gasteiger partial charge in [-0.25, -0.2) is 9.59 Å². The third-order valence-electron chi connectivity index (χ3n) is 4.99. The highest BCUT2D eigenvalue weighted by atomic mass is 16.6. The summed E-state index contributed by atoms with van der Waals surface area (Å²) in [5, 5.41) is 4.53. The number of amides is 1. The third-order valence-corrected chi connectivity index (χ3v) is 4.99. The van der Waals surface area contributed by atoms with Crippen molar-refractivity contribution < 1.29 is 23.9 Å². The summed E-state index contributed by atoms with van der Waals surface area (Å²) < 4.78 is 10.1. The summed E-state index contributed by atoms with van der Waals surface area (Å²) in [4.78, 5) is 40.1. The Hall–Kier alpha value is -3.74. The lowest BCUT2D eigenvalue weighted by Gasteiger charge is -2.22. The van der Waals surface area contributed by atoms with Crippen molar-refractivity contribution in [1.82, 2.24) is 10.3 Å². The largest absolute Gasteiger partial charge is 0.467 e. The van der Waals surface area contributed by atoms with E-state index >= 15 is 0 Å². The molecule has 1 heterocycles. The van der Waals surface area contributed by atoms with Crippen LogP contribution in [0.4, 0.5) is 4.79 Å². The fraction of sp³-hybridized carbons (Fsp3) is 0.308. The maximum absolute atomic E-state index is 12.3. The molecular weight excluding hydrogens is 420 g/mol. The van der Waals surface area contributed by atoms with E-state index in [1.165, 1.54) is 7.11 Å². The number of nitrogens with one attached hydrogen (secondary N) is 1. The monoisotopic (exact) mass is 448 g/mol. The number of nitrogens with zero attached hydrogens (tertiary/aromatic N) is 1. The van der Waals surface area contributed by atoms with Gasteiger partial charge in [0, 0.05) is 30.0 Å². The molecule has 0 unspecified atom stereocenters. The van der Waals surface area contributed by atoms with E-state index in [0.29, 0.717) is 12.0 Å². The van der Waals surface area contributed by atoms with Gasteiger partial charge in [0.05, 0.1) is 12.8 Å². The second-order valence-corrected chi connectivity index (χ2v) is 8.78. The van der Waals surface area contributed by atoms with Gasteiger partial charge in [0.2, 0.25) is 0 Å². The molecule has 7 heteroatoms. The summed E-state index contributed by atoms with van der Waals surface area (Å²) in [5.41, 5.74) is 2.70. The second kappa shape index (κ2) is 10.3. The topological polar surface area (TPSA) is 94.6 Å². The SMILES string of the molecule is COC(=O)[C@H](Cc1cccc(Cc2nccc3cc(C=O)ccc23)c1)NC(=O)OC(C)(C)C. The molecular formula is C26H28N2O5. The van der Waals surface area contributed by atoms with Gasteiger partial charge < -0.3 is 14.8 Å². The standard InChI is InChI=1S/C26H28N2O5/c1-26(2,3)33-25(31)28-23(24(30)32-4)15-18-7-5-6-17(12-18)14-22-21-9-8-19(16-29)13-20(21)10-11-27-22/h5-13,16,23H,14-15H2,1-4H3,(H,28,31)/t23-/m0/s1. The Labute approximate surface area is 193 Å². The zero-order chi connectivity index (χ0) is 24.0. The van der Waals surface area contributed by atoms with Gasteiger partial charge in [0.15, 0.2) is 0 Å². The van der Waals surface area contributed by atoms with Crippen LogP contribution in [-0.4, -0.2) is 42.1 Å². The fourth-order valence-electron chi connectivity index (χ4n) is 3.55. The van der Waals surface area contributed by atoms with E-state index in [9.17, 15) is 14.4 Å². The summed E-state index contributed by atoms with van der Waals surface area (Å²) in [7, 11) is 1.28. The summed E-state index contributed by atoms with van der Waals surface area (Å²) in [5.74, 6) is -0.548. The molecule has 0 aliphatic carbocycles. The van der Waals surface area contributed by atoms with Crippen LogP contribution in [-0.2, 0) is 27.1 Å². The molecule has 0 aliphatic heterocycles. The van der Waals surface area contributed by atoms with Gasteiger partial charge >= 0.3 is 12.1 Å². The molecule has 0 aliphatic rings. The van der Waals surface area contributed by atoms with Crippen molar-refractivity contribution in [3.8, 4) is 0 Å². The number of aromatic nitrogens is 1. The number of methoxy groups -OCH3 is 1. The van der Waals surface area contributed by atoms with Gasteiger partial charge in [0.25, 0.3) is 0 Å². The van der Waals surface area contributed by atoms with Crippen LogP contribution in [0.15, 0.2) is 54.7 Å². The molecule has 33 heavy (non-hydrogen) atoms. The Kier molecular flexibility index (Phi) is 7.43. The fourth-order valence-corrected chi connectivity index (χ4v) is 3.55. The first-order valence-corrected chi connectivity index (χ1v) is 10.7. The predicted molar refractivity (Wildman–Crippen MR) is 125 cm³/mol. The van der Waals surface area contributed by atoms with Crippen molar-refractivity contribution in [2.24, 2.45) is 0 Å². The quantitative estimate of drug-likeness (QED) is 0.429. The van der Waals surface area contributed by atoms with E-state index in [1.54, 1.807) is 33.0 Å². The van der Waals surface area contributed by atoms with E-state index in [1.807, 2.05) is 42.5 Å². The molecule has 3 rings (SSSR count). The predicted octanol–water partition coefficient (Wildman–Crippen LogP) is 4.25. The van der Waals surface area contributed by atoms with E-state index in [2.05, 4.69) is 10.3 Å². The van der Waals surface area contributed by atoms with Crippen molar-refractivity contribution in [2.75, 3.05) is 7.11 Å². The van der Waals surface area contributed by atoms with Gasteiger partial charge in [-0.05, 0) is 49.4 Å². The zero-order valence-corrected chi connectivity index (χ0v) is 19.3. The van der Waals surface area contributed by atoms with Crippen molar-refractivity contribution in [1.29, 1.82) is 0 Å². The molecule has 172 valence electrons. The van der Waals surface area contributed by atoms with Crippen LogP contribution in [0.2, 0.25) is 0 Å². The first kappa shape index (κ1) is 23.9. The van der Waals surface area contributed by atoms with Crippen LogP contribution >= 0.6 is 0 Å². The smallest absolute Gasteiger partial charge is 0.408 e. The van der Waals surface area contributed by atoms with E-state index in [4.69, 9.17) is 9.47 Å². The molecule has 1 amide bonds. The van der Waals surface area contributed by atoms with Crippen LogP contribution in [0.5, 0.6) is 0 Å². The van der Waals surface area contributed by atoms with Crippen molar-refractivity contribution in [3.05, 3.63) is 77.1 Å². The number of alkyl carbamates (subject to hydrolysis) is 1. The minimum absolute atomic E-state index is 0.255. The van der Waals surface area contributed by atoms with Crippen LogP contribution in [0.25, 0.3) is 10.8 Å². The molecule has 0 fully saturated rings. The summed E-state index contributed by atoms with van der Waals surface area (Å²) in [6.07, 6.45) is 2.71. The highest BCUT2D eigenvalue weighted by Crippen LogP contribution is 2.21. The number of esters is 1. The third kappa shape index (κ3) is 6.62. The molecule has 7 nitrogen and oxygen atoms in total. The highest BCUT2D eigenvalue weighted by Gasteiger charge is 2.25. The number of ether oxygens (including phenoxy) is 2. The second-order valence-electron chi connectivity index (χ2n) is 8.78. The number of carbonyl (C=O) groups excluding carboxylic acids is 3. The molecule has 2 aromatic carbocycles. The summed E-state index contributed by atoms with van der Waals surface area (Å²) in [6, 6.07) is 14.3. The normalized spacial score (nSPS) is 12.1. The minimum atomic E-state index is -0.877. The van der Waals surface area contributed by atoms with Crippen LogP contribution in [0, 0.1) is 0 Å².